The van der Waals surface area contributed by atoms with Crippen molar-refractivity contribution in [2.24, 2.45) is 0 Å². The van der Waals surface area contributed by atoms with Crippen LogP contribution in [-0.2, 0) is 13.1 Å². The van der Waals surface area contributed by atoms with E-state index >= 15 is 0 Å². The Kier molecular flexibility index (Phi) is 4.53. The van der Waals surface area contributed by atoms with E-state index in [0.29, 0.717) is 0 Å². The highest BCUT2D eigenvalue weighted by molar-refractivity contribution is 5.81. The third kappa shape index (κ3) is 2.79. The summed E-state index contributed by atoms with van der Waals surface area (Å²) in [5.74, 6) is 0. The van der Waals surface area contributed by atoms with Gasteiger partial charge in [-0.05, 0) is 32.9 Å². The molecule has 1 aromatic heterocycles. The topological polar surface area (TPSA) is 29.9 Å². The zero-order valence-corrected chi connectivity index (χ0v) is 11.2. The lowest BCUT2D eigenvalue weighted by Gasteiger charge is -2.00. The van der Waals surface area contributed by atoms with Crippen LogP contribution in [0.2, 0.25) is 0 Å². The molecule has 0 spiro atoms. The van der Waals surface area contributed by atoms with E-state index in [4.69, 9.17) is 0 Å². The van der Waals surface area contributed by atoms with Gasteiger partial charge in [0.25, 0.3) is 0 Å². The average molecular weight is 243 g/mol. The summed E-state index contributed by atoms with van der Waals surface area (Å²) in [6.07, 6.45) is 5.33. The Morgan fingerprint density at radius 1 is 1.33 bits per heavy atom. The molecule has 0 atom stereocenters. The third-order valence-electron chi connectivity index (χ3n) is 3.05. The minimum absolute atomic E-state index is 0.838. The smallest absolute Gasteiger partial charge is 0.0841 e. The van der Waals surface area contributed by atoms with Gasteiger partial charge in [0.2, 0.25) is 0 Å². The molecule has 2 aromatic rings. The molecule has 0 bridgehead atoms. The van der Waals surface area contributed by atoms with E-state index in [1.165, 1.54) is 10.9 Å². The highest BCUT2D eigenvalue weighted by atomic mass is 15.3. The van der Waals surface area contributed by atoms with Crippen LogP contribution in [0, 0.1) is 0 Å². The monoisotopic (exact) mass is 243 g/mol. The van der Waals surface area contributed by atoms with E-state index in [0.717, 1.165) is 31.7 Å². The van der Waals surface area contributed by atoms with Crippen LogP contribution in [0.15, 0.2) is 36.4 Å². The van der Waals surface area contributed by atoms with Gasteiger partial charge in [-0.25, -0.2) is 0 Å². The van der Waals surface area contributed by atoms with Gasteiger partial charge in [0.05, 0.1) is 11.2 Å². The van der Waals surface area contributed by atoms with Crippen molar-refractivity contribution in [3.05, 3.63) is 42.1 Å². The summed E-state index contributed by atoms with van der Waals surface area (Å²) in [6, 6.07) is 8.43. The van der Waals surface area contributed by atoms with Gasteiger partial charge in [-0.15, -0.1) is 0 Å². The van der Waals surface area contributed by atoms with Crippen LogP contribution in [0.4, 0.5) is 0 Å². The van der Waals surface area contributed by atoms with Gasteiger partial charge in [0, 0.05) is 18.5 Å². The number of hydrogen-bond donors (Lipinski definition) is 1. The molecular formula is C15H21N3. The first kappa shape index (κ1) is 12.8. The third-order valence-corrected chi connectivity index (χ3v) is 3.05. The fraction of sp³-hybridized carbons (Fsp3) is 0.400. The second kappa shape index (κ2) is 6.36. The molecule has 0 amide bonds. The molecule has 0 unspecified atom stereocenters. The number of hydrogen-bond acceptors (Lipinski definition) is 2. The quantitative estimate of drug-likeness (QED) is 0.624. The van der Waals surface area contributed by atoms with Crippen LogP contribution in [0.1, 0.15) is 26.0 Å². The van der Waals surface area contributed by atoms with Crippen molar-refractivity contribution in [3.63, 3.8) is 0 Å². The van der Waals surface area contributed by atoms with Gasteiger partial charge < -0.3 is 5.32 Å². The maximum atomic E-state index is 4.66. The van der Waals surface area contributed by atoms with Crippen LogP contribution < -0.4 is 5.32 Å². The lowest BCUT2D eigenvalue weighted by atomic mass is 10.2. The van der Waals surface area contributed by atoms with Crippen LogP contribution in [0.3, 0.4) is 0 Å². The van der Waals surface area contributed by atoms with Crippen LogP contribution in [0.5, 0.6) is 0 Å². The van der Waals surface area contributed by atoms with Crippen molar-refractivity contribution >= 4 is 10.9 Å². The summed E-state index contributed by atoms with van der Waals surface area (Å²) in [4.78, 5) is 0. The van der Waals surface area contributed by atoms with Gasteiger partial charge >= 0.3 is 0 Å². The fourth-order valence-corrected chi connectivity index (χ4v) is 2.13. The molecule has 2 rings (SSSR count). The number of aromatic nitrogens is 2. The number of allylic oxidation sites excluding steroid dienone is 1. The number of aryl methyl sites for hydroxylation is 1. The Labute approximate surface area is 109 Å². The molecule has 3 nitrogen and oxygen atoms in total. The summed E-state index contributed by atoms with van der Waals surface area (Å²) < 4.78 is 2.07. The summed E-state index contributed by atoms with van der Waals surface area (Å²) in [6.45, 7) is 6.93. The first-order valence-electron chi connectivity index (χ1n) is 6.63. The predicted octanol–water partition coefficient (Wildman–Crippen LogP) is 3.11. The highest BCUT2D eigenvalue weighted by Gasteiger charge is 2.07. The molecule has 0 radical (unpaired) electrons. The van der Waals surface area contributed by atoms with Crippen molar-refractivity contribution < 1.29 is 0 Å². The minimum Gasteiger partial charge on any atom is -0.311 e. The molecule has 0 aliphatic carbocycles. The van der Waals surface area contributed by atoms with Gasteiger partial charge in [-0.1, -0.05) is 30.4 Å². The average Bonchev–Trinajstić information content (AvgIpc) is 2.77. The highest BCUT2D eigenvalue weighted by Crippen LogP contribution is 2.18. The standard InChI is InChI=1S/C15H21N3/c1-3-5-8-11-16-12-14-13-9-6-7-10-15(13)18(4-2)17-14/h3,5-7,9-10,16H,4,8,11-12H2,1-2H3/b5-3+. The Balaban J connectivity index is 2.08. The molecule has 1 heterocycles. The number of fused-ring (bicyclic) bond motifs is 1. The molecule has 18 heavy (non-hydrogen) atoms. The predicted molar refractivity (Wildman–Crippen MR) is 76.5 cm³/mol. The van der Waals surface area contributed by atoms with Gasteiger partial charge in [-0.3, -0.25) is 4.68 Å². The lowest BCUT2D eigenvalue weighted by molar-refractivity contribution is 0.634. The second-order valence-corrected chi connectivity index (χ2v) is 4.31. The van der Waals surface area contributed by atoms with E-state index in [2.05, 4.69) is 65.4 Å². The van der Waals surface area contributed by atoms with Gasteiger partial charge in [-0.2, -0.15) is 5.10 Å². The molecule has 0 saturated carbocycles. The molecule has 0 fully saturated rings. The summed E-state index contributed by atoms with van der Waals surface area (Å²) in [7, 11) is 0. The van der Waals surface area contributed by atoms with Gasteiger partial charge in [0.15, 0.2) is 0 Å². The molecule has 1 N–H and O–H groups in total. The number of nitrogens with zero attached hydrogens (tertiary/aromatic N) is 2. The first-order valence-corrected chi connectivity index (χ1v) is 6.63. The molecule has 96 valence electrons. The maximum absolute atomic E-state index is 4.66. The second-order valence-electron chi connectivity index (χ2n) is 4.31. The Morgan fingerprint density at radius 3 is 2.94 bits per heavy atom. The van der Waals surface area contributed by atoms with Gasteiger partial charge in [0.1, 0.15) is 0 Å². The molecular weight excluding hydrogens is 222 g/mol. The van der Waals surface area contributed by atoms with E-state index in [9.17, 15) is 0 Å². The summed E-state index contributed by atoms with van der Waals surface area (Å²) in [5, 5.41) is 9.36. The SMILES string of the molecule is C/C=C/CCNCc1nn(CC)c2ccccc12. The van der Waals surface area contributed by atoms with Crippen LogP contribution in [0.25, 0.3) is 10.9 Å². The molecule has 3 heteroatoms. The van der Waals surface area contributed by atoms with Crippen LogP contribution in [-0.4, -0.2) is 16.3 Å². The number of benzene rings is 1. The van der Waals surface area contributed by atoms with E-state index in [1.54, 1.807) is 0 Å². The molecule has 0 aliphatic heterocycles. The van der Waals surface area contributed by atoms with Crippen molar-refractivity contribution in [2.45, 2.75) is 33.4 Å². The lowest BCUT2D eigenvalue weighted by Crippen LogP contribution is -2.14. The van der Waals surface area contributed by atoms with Crippen LogP contribution >= 0.6 is 0 Å². The normalized spacial score (nSPS) is 11.7. The van der Waals surface area contributed by atoms with Crippen molar-refractivity contribution in [1.29, 1.82) is 0 Å². The summed E-state index contributed by atoms with van der Waals surface area (Å²) >= 11 is 0. The van der Waals surface area contributed by atoms with E-state index in [-0.39, 0.29) is 0 Å². The van der Waals surface area contributed by atoms with Crippen molar-refractivity contribution in [2.75, 3.05) is 6.54 Å². The molecule has 0 aliphatic rings. The van der Waals surface area contributed by atoms with E-state index < -0.39 is 0 Å². The molecule has 1 aromatic carbocycles. The van der Waals surface area contributed by atoms with Crippen molar-refractivity contribution in [3.8, 4) is 0 Å². The number of nitrogens with one attached hydrogen (secondary N) is 1. The first-order chi connectivity index (χ1) is 8.86. The largest absolute Gasteiger partial charge is 0.311 e. The number of rotatable bonds is 6. The Bertz CT molecular complexity index is 526. The summed E-state index contributed by atoms with van der Waals surface area (Å²) in [5.41, 5.74) is 2.37. The van der Waals surface area contributed by atoms with E-state index in [1.807, 2.05) is 0 Å². The molecule has 0 saturated heterocycles. The van der Waals surface area contributed by atoms with Crippen molar-refractivity contribution in [1.82, 2.24) is 15.1 Å². The maximum Gasteiger partial charge on any atom is 0.0841 e. The Hall–Kier alpha value is -1.61. The zero-order valence-electron chi connectivity index (χ0n) is 11.2. The zero-order chi connectivity index (χ0) is 12.8. The number of para-hydroxylation sites is 1. The fourth-order valence-electron chi connectivity index (χ4n) is 2.13. The Morgan fingerprint density at radius 2 is 2.17 bits per heavy atom. The minimum atomic E-state index is 0.838.